The van der Waals surface area contributed by atoms with E-state index < -0.39 is 12.1 Å². The van der Waals surface area contributed by atoms with Gasteiger partial charge in [0, 0.05) is 11.6 Å². The Balaban J connectivity index is 2.15. The second-order valence-electron chi connectivity index (χ2n) is 4.45. The molecule has 88 valence electrons. The van der Waals surface area contributed by atoms with Gasteiger partial charge in [-0.3, -0.25) is 0 Å². The molecule has 0 heterocycles. The molecule has 1 aromatic carbocycles. The molecule has 16 heavy (non-hydrogen) atoms. The van der Waals surface area contributed by atoms with E-state index in [-0.39, 0.29) is 17.4 Å². The van der Waals surface area contributed by atoms with Crippen LogP contribution in [0, 0.1) is 5.92 Å². The van der Waals surface area contributed by atoms with Gasteiger partial charge in [0.2, 0.25) is 0 Å². The highest BCUT2D eigenvalue weighted by atomic mass is 16.3. The molecular formula is C12H17NO3. The van der Waals surface area contributed by atoms with Gasteiger partial charge < -0.3 is 21.1 Å². The topological polar surface area (TPSA) is 86.7 Å². The first-order chi connectivity index (χ1) is 7.59. The Hall–Kier alpha value is -1.26. The summed E-state index contributed by atoms with van der Waals surface area (Å²) in [4.78, 5) is 0. The molecule has 0 radical (unpaired) electrons. The van der Waals surface area contributed by atoms with Crippen molar-refractivity contribution in [3.8, 4) is 11.5 Å². The molecule has 4 nitrogen and oxygen atoms in total. The number of hydrogen-bond acceptors (Lipinski definition) is 4. The van der Waals surface area contributed by atoms with Crippen molar-refractivity contribution < 1.29 is 15.3 Å². The highest BCUT2D eigenvalue weighted by molar-refractivity contribution is 5.41. The maximum atomic E-state index is 9.99. The number of aromatic hydroxyl groups is 2. The monoisotopic (exact) mass is 223 g/mol. The highest BCUT2D eigenvalue weighted by Gasteiger charge is 2.31. The third-order valence-electron chi connectivity index (χ3n) is 3.37. The number of nitrogens with two attached hydrogens (primary N) is 1. The van der Waals surface area contributed by atoms with Gasteiger partial charge >= 0.3 is 0 Å². The Morgan fingerprint density at radius 2 is 1.94 bits per heavy atom. The number of aliphatic hydroxyl groups is 1. The van der Waals surface area contributed by atoms with Crippen molar-refractivity contribution >= 4 is 0 Å². The normalized spacial score (nSPS) is 20.1. The van der Waals surface area contributed by atoms with Crippen molar-refractivity contribution in [2.24, 2.45) is 11.7 Å². The Bertz CT molecular complexity index is 377. The average molecular weight is 223 g/mol. The lowest BCUT2D eigenvalue weighted by molar-refractivity contribution is 0.0407. The van der Waals surface area contributed by atoms with E-state index in [1.54, 1.807) is 6.07 Å². The van der Waals surface area contributed by atoms with Gasteiger partial charge in [-0.1, -0.05) is 6.42 Å². The van der Waals surface area contributed by atoms with Crippen molar-refractivity contribution in [1.29, 1.82) is 0 Å². The maximum absolute atomic E-state index is 9.99. The molecule has 1 aromatic rings. The summed E-state index contributed by atoms with van der Waals surface area (Å²) < 4.78 is 0. The molecule has 2 atom stereocenters. The van der Waals surface area contributed by atoms with Gasteiger partial charge in [0.15, 0.2) is 0 Å². The van der Waals surface area contributed by atoms with Crippen LogP contribution in [0.4, 0.5) is 0 Å². The van der Waals surface area contributed by atoms with Crippen LogP contribution < -0.4 is 5.73 Å². The van der Waals surface area contributed by atoms with Gasteiger partial charge in [-0.05, 0) is 30.9 Å². The number of aliphatic hydroxyl groups excluding tert-OH is 1. The van der Waals surface area contributed by atoms with E-state index in [1.807, 2.05) is 0 Å². The van der Waals surface area contributed by atoms with Gasteiger partial charge in [-0.25, -0.2) is 0 Å². The molecule has 0 aromatic heterocycles. The van der Waals surface area contributed by atoms with Crippen LogP contribution in [-0.4, -0.2) is 21.4 Å². The van der Waals surface area contributed by atoms with E-state index >= 15 is 0 Å². The average Bonchev–Trinajstić information content (AvgIpc) is 2.14. The molecule has 5 N–H and O–H groups in total. The fraction of sp³-hybridized carbons (Fsp3) is 0.500. The zero-order valence-electron chi connectivity index (χ0n) is 9.00. The van der Waals surface area contributed by atoms with Crippen LogP contribution in [0.5, 0.6) is 11.5 Å². The number of benzene rings is 1. The number of hydrogen-bond donors (Lipinski definition) is 4. The first-order valence-electron chi connectivity index (χ1n) is 5.55. The summed E-state index contributed by atoms with van der Waals surface area (Å²) in [6, 6.07) is 3.66. The predicted octanol–water partition coefficient (Wildman–Crippen LogP) is 1.26. The summed E-state index contributed by atoms with van der Waals surface area (Å²) >= 11 is 0. The van der Waals surface area contributed by atoms with Crippen molar-refractivity contribution in [3.63, 3.8) is 0 Å². The zero-order valence-corrected chi connectivity index (χ0v) is 9.00. The van der Waals surface area contributed by atoms with Gasteiger partial charge in [-0.15, -0.1) is 0 Å². The van der Waals surface area contributed by atoms with Gasteiger partial charge in [0.25, 0.3) is 0 Å². The largest absolute Gasteiger partial charge is 0.508 e. The minimum Gasteiger partial charge on any atom is -0.508 e. The highest BCUT2D eigenvalue weighted by Crippen LogP contribution is 2.36. The van der Waals surface area contributed by atoms with E-state index in [9.17, 15) is 10.2 Å². The second kappa shape index (κ2) is 4.31. The second-order valence-corrected chi connectivity index (χ2v) is 4.45. The molecule has 2 rings (SSSR count). The summed E-state index contributed by atoms with van der Waals surface area (Å²) in [5.41, 5.74) is 6.39. The van der Waals surface area contributed by atoms with Gasteiger partial charge in [0.1, 0.15) is 11.5 Å². The molecule has 1 aliphatic rings. The van der Waals surface area contributed by atoms with Gasteiger partial charge in [-0.2, -0.15) is 0 Å². The molecule has 0 aliphatic heterocycles. The molecule has 0 unspecified atom stereocenters. The fourth-order valence-electron chi connectivity index (χ4n) is 2.07. The molecule has 4 heteroatoms. The van der Waals surface area contributed by atoms with E-state index in [0.29, 0.717) is 5.56 Å². The van der Waals surface area contributed by atoms with Crippen LogP contribution in [0.2, 0.25) is 0 Å². The molecule has 0 saturated heterocycles. The van der Waals surface area contributed by atoms with Crippen LogP contribution in [0.3, 0.4) is 0 Å². The molecule has 1 fully saturated rings. The molecule has 0 spiro atoms. The third kappa shape index (κ3) is 1.99. The van der Waals surface area contributed by atoms with Crippen molar-refractivity contribution in [3.05, 3.63) is 23.8 Å². The molecule has 0 amide bonds. The first kappa shape index (κ1) is 11.2. The molecule has 0 bridgehead atoms. The van der Waals surface area contributed by atoms with E-state index in [2.05, 4.69) is 0 Å². The Morgan fingerprint density at radius 3 is 2.44 bits per heavy atom. The van der Waals surface area contributed by atoms with Crippen LogP contribution in [0.1, 0.15) is 30.9 Å². The maximum Gasteiger partial charge on any atom is 0.124 e. The lowest BCUT2D eigenvalue weighted by Gasteiger charge is -2.33. The summed E-state index contributed by atoms with van der Waals surface area (Å²) in [5.74, 6) is 0.167. The van der Waals surface area contributed by atoms with Crippen LogP contribution >= 0.6 is 0 Å². The molecule has 1 aliphatic carbocycles. The number of rotatable bonds is 3. The van der Waals surface area contributed by atoms with Crippen LogP contribution in [-0.2, 0) is 0 Å². The van der Waals surface area contributed by atoms with Crippen molar-refractivity contribution in [1.82, 2.24) is 0 Å². The summed E-state index contributed by atoms with van der Waals surface area (Å²) in [6.45, 7) is 0. The Labute approximate surface area is 94.3 Å². The smallest absolute Gasteiger partial charge is 0.124 e. The van der Waals surface area contributed by atoms with Gasteiger partial charge in [0.05, 0.1) is 12.1 Å². The van der Waals surface area contributed by atoms with Crippen LogP contribution in [0.15, 0.2) is 18.2 Å². The SMILES string of the molecule is N[C@@H](c1ccc(O)cc1O)[C@H](O)C1CCC1. The molecule has 1 saturated carbocycles. The van der Waals surface area contributed by atoms with E-state index in [1.165, 1.54) is 12.1 Å². The first-order valence-corrected chi connectivity index (χ1v) is 5.55. The minimum atomic E-state index is -0.621. The number of phenols is 2. The minimum absolute atomic E-state index is 0.00779. The Kier molecular flexibility index (Phi) is 3.03. The fourth-order valence-corrected chi connectivity index (χ4v) is 2.07. The number of phenolic OH excluding ortho intramolecular Hbond substituents is 2. The summed E-state index contributed by atoms with van der Waals surface area (Å²) in [5, 5.41) is 28.8. The van der Waals surface area contributed by atoms with Crippen molar-refractivity contribution in [2.45, 2.75) is 31.4 Å². The quantitative estimate of drug-likeness (QED) is 0.621. The molecular weight excluding hydrogens is 206 g/mol. The lowest BCUT2D eigenvalue weighted by Crippen LogP contribution is -2.36. The van der Waals surface area contributed by atoms with Crippen molar-refractivity contribution in [2.75, 3.05) is 0 Å². The summed E-state index contributed by atoms with van der Waals surface area (Å²) in [7, 11) is 0. The zero-order chi connectivity index (χ0) is 11.7. The predicted molar refractivity (Wildman–Crippen MR) is 60.0 cm³/mol. The van der Waals surface area contributed by atoms with E-state index in [4.69, 9.17) is 10.8 Å². The van der Waals surface area contributed by atoms with Crippen LogP contribution in [0.25, 0.3) is 0 Å². The summed E-state index contributed by atoms with van der Waals surface area (Å²) in [6.07, 6.45) is 2.50. The van der Waals surface area contributed by atoms with E-state index in [0.717, 1.165) is 19.3 Å². The third-order valence-corrected chi connectivity index (χ3v) is 3.37. The lowest BCUT2D eigenvalue weighted by atomic mass is 9.77. The standard InChI is InChI=1S/C12H17NO3/c13-11(12(16)7-2-1-3-7)9-5-4-8(14)6-10(9)15/h4-7,11-12,14-16H,1-3,13H2/t11-,12+/m0/s1. The Morgan fingerprint density at radius 1 is 1.25 bits per heavy atom.